The van der Waals surface area contributed by atoms with Crippen LogP contribution >= 0.6 is 0 Å². The zero-order valence-corrected chi connectivity index (χ0v) is 47.4. The van der Waals surface area contributed by atoms with Crippen molar-refractivity contribution in [2.24, 2.45) is 0 Å². The van der Waals surface area contributed by atoms with E-state index in [4.69, 9.17) is 9.47 Å². The van der Waals surface area contributed by atoms with Gasteiger partial charge in [-0.05, 0) is 12.8 Å². The van der Waals surface area contributed by atoms with Gasteiger partial charge in [0, 0.05) is 12.8 Å². The summed E-state index contributed by atoms with van der Waals surface area (Å²) < 4.78 is 10.7. The molecule has 0 heterocycles. The Morgan fingerprint density at radius 1 is 0.275 bits per heavy atom. The molecule has 5 nitrogen and oxygen atoms in total. The van der Waals surface area contributed by atoms with Gasteiger partial charge in [0.25, 0.3) is 0 Å². The van der Waals surface area contributed by atoms with E-state index in [2.05, 4.69) is 13.8 Å². The van der Waals surface area contributed by atoms with Gasteiger partial charge in [-0.2, -0.15) is 0 Å². The summed E-state index contributed by atoms with van der Waals surface area (Å²) in [5, 5.41) is 9.67. The van der Waals surface area contributed by atoms with Gasteiger partial charge >= 0.3 is 11.9 Å². The number of aliphatic hydroxyl groups is 1. The second-order valence-corrected chi connectivity index (χ2v) is 22.2. The molecule has 1 N–H and O–H groups in total. The molecule has 0 rings (SSSR count). The molecular weight excluding hydrogens is 849 g/mol. The van der Waals surface area contributed by atoms with E-state index in [0.29, 0.717) is 12.8 Å². The number of esters is 2. The van der Waals surface area contributed by atoms with Crippen LogP contribution in [0, 0.1) is 0 Å². The summed E-state index contributed by atoms with van der Waals surface area (Å²) in [5.41, 5.74) is 0. The van der Waals surface area contributed by atoms with E-state index in [9.17, 15) is 14.7 Å². The Bertz CT molecular complexity index is 968. The lowest BCUT2D eigenvalue weighted by molar-refractivity contribution is -0.161. The third-order valence-electron chi connectivity index (χ3n) is 15.2. The highest BCUT2D eigenvalue weighted by Gasteiger charge is 2.16. The number of carbonyl (C=O) groups excluding carboxylic acids is 2. The van der Waals surface area contributed by atoms with E-state index in [-0.39, 0.29) is 25.2 Å². The summed E-state index contributed by atoms with van der Waals surface area (Å²) in [7, 11) is 0. The molecule has 0 aliphatic heterocycles. The van der Waals surface area contributed by atoms with Crippen molar-refractivity contribution in [3.63, 3.8) is 0 Å². The molecule has 0 saturated heterocycles. The number of aliphatic hydroxyl groups excluding tert-OH is 1. The number of hydrogen-bond donors (Lipinski definition) is 1. The lowest BCUT2D eigenvalue weighted by atomic mass is 10.0. The first-order chi connectivity index (χ1) is 34.1. The highest BCUT2D eigenvalue weighted by atomic mass is 16.6. The standard InChI is InChI=1S/C64H126O5/c1-3-5-7-9-11-13-15-17-19-21-23-25-26-27-28-29-30-31-32-33-34-35-36-37-38-39-41-43-45-47-49-51-53-55-57-59-64(67)69-62(60-65)61-68-63(66)58-56-54-52-50-48-46-44-42-40-24-22-20-18-16-14-12-10-8-6-4-2/h62,65H,3-61H2,1-2H3. The third-order valence-corrected chi connectivity index (χ3v) is 15.2. The first-order valence-corrected chi connectivity index (χ1v) is 32.1. The minimum Gasteiger partial charge on any atom is -0.462 e. The lowest BCUT2D eigenvalue weighted by Gasteiger charge is -2.15. The van der Waals surface area contributed by atoms with Gasteiger partial charge in [0.05, 0.1) is 6.61 Å². The summed E-state index contributed by atoms with van der Waals surface area (Å²) in [6.07, 6.45) is 75.5. The van der Waals surface area contributed by atoms with Gasteiger partial charge in [-0.1, -0.05) is 354 Å². The molecule has 1 atom stereocenters. The minimum absolute atomic E-state index is 0.0556. The molecule has 0 amide bonds. The van der Waals surface area contributed by atoms with E-state index in [1.807, 2.05) is 0 Å². The maximum Gasteiger partial charge on any atom is 0.306 e. The van der Waals surface area contributed by atoms with Crippen molar-refractivity contribution in [3.05, 3.63) is 0 Å². The molecule has 0 saturated carbocycles. The molecule has 69 heavy (non-hydrogen) atoms. The topological polar surface area (TPSA) is 72.8 Å². The second kappa shape index (κ2) is 61.2. The van der Waals surface area contributed by atoms with Crippen molar-refractivity contribution >= 4 is 11.9 Å². The first-order valence-electron chi connectivity index (χ1n) is 32.1. The van der Waals surface area contributed by atoms with Gasteiger partial charge in [0.15, 0.2) is 6.10 Å². The van der Waals surface area contributed by atoms with Gasteiger partial charge in [0.1, 0.15) is 6.61 Å². The minimum atomic E-state index is -0.764. The maximum absolute atomic E-state index is 12.3. The molecular formula is C64H126O5. The van der Waals surface area contributed by atoms with Crippen LogP contribution in [0.2, 0.25) is 0 Å². The molecule has 0 spiro atoms. The molecule has 0 aliphatic rings. The van der Waals surface area contributed by atoms with Crippen LogP contribution in [0.25, 0.3) is 0 Å². The van der Waals surface area contributed by atoms with Gasteiger partial charge < -0.3 is 14.6 Å². The quantitative estimate of drug-likeness (QED) is 0.0486. The molecule has 0 aromatic rings. The monoisotopic (exact) mass is 975 g/mol. The van der Waals surface area contributed by atoms with Crippen LogP contribution in [-0.2, 0) is 19.1 Å². The molecule has 0 fully saturated rings. The fourth-order valence-electron chi connectivity index (χ4n) is 10.3. The summed E-state index contributed by atoms with van der Waals surface area (Å²) in [5.74, 6) is -0.561. The predicted molar refractivity (Wildman–Crippen MR) is 302 cm³/mol. The third kappa shape index (κ3) is 59.4. The molecule has 0 radical (unpaired) electrons. The van der Waals surface area contributed by atoms with Crippen molar-refractivity contribution in [3.8, 4) is 0 Å². The number of hydrogen-bond acceptors (Lipinski definition) is 5. The smallest absolute Gasteiger partial charge is 0.306 e. The maximum atomic E-state index is 12.3. The van der Waals surface area contributed by atoms with Crippen LogP contribution in [-0.4, -0.2) is 36.4 Å². The first kappa shape index (κ1) is 67.9. The van der Waals surface area contributed by atoms with Crippen molar-refractivity contribution in [1.29, 1.82) is 0 Å². The molecule has 0 bridgehead atoms. The van der Waals surface area contributed by atoms with Crippen LogP contribution in [0.15, 0.2) is 0 Å². The van der Waals surface area contributed by atoms with E-state index in [0.717, 1.165) is 32.1 Å². The van der Waals surface area contributed by atoms with Crippen LogP contribution in [0.4, 0.5) is 0 Å². The van der Waals surface area contributed by atoms with E-state index < -0.39 is 6.10 Å². The molecule has 0 aliphatic carbocycles. The fraction of sp³-hybridized carbons (Fsp3) is 0.969. The molecule has 0 aromatic heterocycles. The Labute approximate surface area is 433 Å². The second-order valence-electron chi connectivity index (χ2n) is 22.2. The zero-order valence-electron chi connectivity index (χ0n) is 47.4. The van der Waals surface area contributed by atoms with E-state index in [1.165, 1.54) is 321 Å². The Balaban J connectivity index is 3.35. The fourth-order valence-corrected chi connectivity index (χ4v) is 10.3. The van der Waals surface area contributed by atoms with Crippen LogP contribution in [0.1, 0.15) is 380 Å². The van der Waals surface area contributed by atoms with Crippen LogP contribution in [0.5, 0.6) is 0 Å². The number of unbranched alkanes of at least 4 members (excludes halogenated alkanes) is 53. The molecule has 1 unspecified atom stereocenters. The van der Waals surface area contributed by atoms with E-state index >= 15 is 0 Å². The number of carbonyl (C=O) groups is 2. The number of ether oxygens (including phenoxy) is 2. The zero-order chi connectivity index (χ0) is 49.9. The van der Waals surface area contributed by atoms with Crippen molar-refractivity contribution < 1.29 is 24.2 Å². The molecule has 5 heteroatoms. The van der Waals surface area contributed by atoms with Crippen LogP contribution < -0.4 is 0 Å². The average Bonchev–Trinajstić information content (AvgIpc) is 3.35. The van der Waals surface area contributed by atoms with Gasteiger partial charge in [0.2, 0.25) is 0 Å². The Hall–Kier alpha value is -1.10. The Morgan fingerprint density at radius 2 is 0.449 bits per heavy atom. The Morgan fingerprint density at radius 3 is 0.638 bits per heavy atom. The SMILES string of the molecule is CCCCCCCCCCCCCCCCCCCCCCCCCCCCCCCCCCCCCC(=O)OC(CO)COC(=O)CCCCCCCCCCCCCCCCCCCCCC. The highest BCUT2D eigenvalue weighted by molar-refractivity contribution is 5.70. The lowest BCUT2D eigenvalue weighted by Crippen LogP contribution is -2.28. The van der Waals surface area contributed by atoms with Crippen LogP contribution in [0.3, 0.4) is 0 Å². The normalized spacial score (nSPS) is 12.0. The number of rotatable bonds is 61. The molecule has 412 valence electrons. The summed E-state index contributed by atoms with van der Waals surface area (Å²) in [4.78, 5) is 24.6. The molecule has 0 aromatic carbocycles. The summed E-state index contributed by atoms with van der Waals surface area (Å²) >= 11 is 0. The average molecular weight is 976 g/mol. The highest BCUT2D eigenvalue weighted by Crippen LogP contribution is 2.19. The summed E-state index contributed by atoms with van der Waals surface area (Å²) in [6, 6.07) is 0. The van der Waals surface area contributed by atoms with Crippen molar-refractivity contribution in [2.75, 3.05) is 13.2 Å². The van der Waals surface area contributed by atoms with Gasteiger partial charge in [-0.15, -0.1) is 0 Å². The van der Waals surface area contributed by atoms with E-state index in [1.54, 1.807) is 0 Å². The van der Waals surface area contributed by atoms with Gasteiger partial charge in [-0.3, -0.25) is 9.59 Å². The summed E-state index contributed by atoms with van der Waals surface area (Å²) in [6.45, 7) is 4.22. The van der Waals surface area contributed by atoms with Crippen molar-refractivity contribution in [2.45, 2.75) is 386 Å². The van der Waals surface area contributed by atoms with Gasteiger partial charge in [-0.25, -0.2) is 0 Å². The largest absolute Gasteiger partial charge is 0.462 e. The van der Waals surface area contributed by atoms with Crippen molar-refractivity contribution in [1.82, 2.24) is 0 Å². The predicted octanol–water partition coefficient (Wildman–Crippen LogP) is 21.7. The Kier molecular flexibility index (Phi) is 60.2.